The standard InChI is InChI=1S/C17H18/c1-3-16-6-4-5-7-17(16)13-12-15-10-8-14(2)9-11-15/h4-13H,3H2,1-2H3/b13-12+. The molecule has 17 heavy (non-hydrogen) atoms. The molecule has 2 aromatic rings. The minimum atomic E-state index is 1.08. The lowest BCUT2D eigenvalue weighted by Crippen LogP contribution is -1.84. The molecule has 0 aromatic heterocycles. The minimum absolute atomic E-state index is 1.08. The van der Waals surface area contributed by atoms with Crippen LogP contribution in [0.2, 0.25) is 0 Å². The zero-order chi connectivity index (χ0) is 12.1. The van der Waals surface area contributed by atoms with Crippen molar-refractivity contribution in [2.45, 2.75) is 20.3 Å². The highest BCUT2D eigenvalue weighted by atomic mass is 14.0. The van der Waals surface area contributed by atoms with E-state index in [0.717, 1.165) is 6.42 Å². The monoisotopic (exact) mass is 222 g/mol. The molecule has 86 valence electrons. The van der Waals surface area contributed by atoms with Gasteiger partial charge in [-0.15, -0.1) is 0 Å². The van der Waals surface area contributed by atoms with Crippen LogP contribution in [0.1, 0.15) is 29.2 Å². The summed E-state index contributed by atoms with van der Waals surface area (Å²) in [6, 6.07) is 17.1. The van der Waals surface area contributed by atoms with E-state index < -0.39 is 0 Å². The quantitative estimate of drug-likeness (QED) is 0.659. The summed E-state index contributed by atoms with van der Waals surface area (Å²) in [7, 11) is 0. The Morgan fingerprint density at radius 3 is 2.29 bits per heavy atom. The second kappa shape index (κ2) is 5.49. The van der Waals surface area contributed by atoms with Crippen molar-refractivity contribution in [3.63, 3.8) is 0 Å². The Hall–Kier alpha value is -1.82. The van der Waals surface area contributed by atoms with E-state index in [1.54, 1.807) is 0 Å². The van der Waals surface area contributed by atoms with E-state index in [-0.39, 0.29) is 0 Å². The van der Waals surface area contributed by atoms with Crippen LogP contribution in [-0.2, 0) is 6.42 Å². The summed E-state index contributed by atoms with van der Waals surface area (Å²) in [5.74, 6) is 0. The van der Waals surface area contributed by atoms with Gasteiger partial charge in [0.25, 0.3) is 0 Å². The normalized spacial score (nSPS) is 10.9. The van der Waals surface area contributed by atoms with Gasteiger partial charge in [0.1, 0.15) is 0 Å². The molecule has 0 fully saturated rings. The molecule has 0 N–H and O–H groups in total. The summed E-state index contributed by atoms with van der Waals surface area (Å²) < 4.78 is 0. The van der Waals surface area contributed by atoms with Gasteiger partial charge in [0.05, 0.1) is 0 Å². The third-order valence-electron chi connectivity index (χ3n) is 2.97. The molecule has 0 nitrogen and oxygen atoms in total. The number of hydrogen-bond acceptors (Lipinski definition) is 0. The molecule has 0 aliphatic carbocycles. The van der Waals surface area contributed by atoms with Crippen LogP contribution < -0.4 is 0 Å². The molecule has 0 heterocycles. The van der Waals surface area contributed by atoms with Crippen LogP contribution in [0.25, 0.3) is 12.2 Å². The third-order valence-corrected chi connectivity index (χ3v) is 2.97. The second-order valence-electron chi connectivity index (χ2n) is 4.30. The van der Waals surface area contributed by atoms with E-state index in [9.17, 15) is 0 Å². The van der Waals surface area contributed by atoms with Gasteiger partial charge in [-0.05, 0) is 30.0 Å². The largest absolute Gasteiger partial charge is 0.0620 e. The van der Waals surface area contributed by atoms with Gasteiger partial charge in [-0.3, -0.25) is 0 Å². The fourth-order valence-electron chi connectivity index (χ4n) is 1.88. The summed E-state index contributed by atoms with van der Waals surface area (Å²) in [6.07, 6.45) is 5.45. The van der Waals surface area contributed by atoms with Gasteiger partial charge in [-0.2, -0.15) is 0 Å². The fourth-order valence-corrected chi connectivity index (χ4v) is 1.88. The first-order chi connectivity index (χ1) is 8.29. The molecule has 0 heteroatoms. The molecule has 0 bridgehead atoms. The van der Waals surface area contributed by atoms with Gasteiger partial charge in [-0.25, -0.2) is 0 Å². The third kappa shape index (κ3) is 3.07. The summed E-state index contributed by atoms with van der Waals surface area (Å²) in [5.41, 5.74) is 5.27. The Morgan fingerprint density at radius 2 is 1.59 bits per heavy atom. The molecule has 0 saturated heterocycles. The smallest absolute Gasteiger partial charge is 0.0224 e. The number of aryl methyl sites for hydroxylation is 2. The Kier molecular flexibility index (Phi) is 3.77. The van der Waals surface area contributed by atoms with Crippen molar-refractivity contribution in [1.29, 1.82) is 0 Å². The predicted molar refractivity (Wildman–Crippen MR) is 75.9 cm³/mol. The molecular weight excluding hydrogens is 204 g/mol. The van der Waals surface area contributed by atoms with Crippen molar-refractivity contribution in [2.75, 3.05) is 0 Å². The van der Waals surface area contributed by atoms with E-state index in [4.69, 9.17) is 0 Å². The maximum atomic E-state index is 2.20. The van der Waals surface area contributed by atoms with Gasteiger partial charge < -0.3 is 0 Å². The van der Waals surface area contributed by atoms with Gasteiger partial charge in [-0.1, -0.05) is 73.2 Å². The van der Waals surface area contributed by atoms with Crippen molar-refractivity contribution in [1.82, 2.24) is 0 Å². The number of benzene rings is 2. The highest BCUT2D eigenvalue weighted by Gasteiger charge is 1.94. The van der Waals surface area contributed by atoms with Gasteiger partial charge >= 0.3 is 0 Å². The zero-order valence-electron chi connectivity index (χ0n) is 10.5. The fraction of sp³-hybridized carbons (Fsp3) is 0.176. The summed E-state index contributed by atoms with van der Waals surface area (Å²) in [5, 5.41) is 0. The van der Waals surface area contributed by atoms with Gasteiger partial charge in [0.2, 0.25) is 0 Å². The molecule has 0 radical (unpaired) electrons. The Morgan fingerprint density at radius 1 is 0.882 bits per heavy atom. The molecule has 0 unspecified atom stereocenters. The summed E-state index contributed by atoms with van der Waals surface area (Å²) in [4.78, 5) is 0. The van der Waals surface area contributed by atoms with E-state index in [1.807, 2.05) is 0 Å². The average Bonchev–Trinajstić information content (AvgIpc) is 2.38. The highest BCUT2D eigenvalue weighted by Crippen LogP contribution is 2.14. The van der Waals surface area contributed by atoms with Crippen LogP contribution in [0.15, 0.2) is 48.5 Å². The van der Waals surface area contributed by atoms with Crippen LogP contribution in [0.5, 0.6) is 0 Å². The van der Waals surface area contributed by atoms with Crippen LogP contribution in [0.3, 0.4) is 0 Å². The molecule has 2 rings (SSSR count). The van der Waals surface area contributed by atoms with E-state index in [2.05, 4.69) is 74.5 Å². The maximum absolute atomic E-state index is 2.20. The number of hydrogen-bond donors (Lipinski definition) is 0. The lowest BCUT2D eigenvalue weighted by molar-refractivity contribution is 1.13. The summed E-state index contributed by atoms with van der Waals surface area (Å²) >= 11 is 0. The van der Waals surface area contributed by atoms with Crippen molar-refractivity contribution < 1.29 is 0 Å². The molecule has 0 spiro atoms. The van der Waals surface area contributed by atoms with E-state index in [0.29, 0.717) is 0 Å². The Bertz CT molecular complexity index is 504. The molecule has 0 amide bonds. The van der Waals surface area contributed by atoms with E-state index in [1.165, 1.54) is 22.3 Å². The molecule has 0 atom stereocenters. The van der Waals surface area contributed by atoms with Gasteiger partial charge in [0.15, 0.2) is 0 Å². The molecule has 0 aliphatic heterocycles. The molecule has 0 saturated carbocycles. The first-order valence-electron chi connectivity index (χ1n) is 6.12. The SMILES string of the molecule is CCc1ccccc1/C=C/c1ccc(C)cc1. The maximum Gasteiger partial charge on any atom is -0.0224 e. The summed E-state index contributed by atoms with van der Waals surface area (Å²) in [6.45, 7) is 4.30. The topological polar surface area (TPSA) is 0 Å². The Labute approximate surface area is 104 Å². The van der Waals surface area contributed by atoms with Crippen molar-refractivity contribution in [2.24, 2.45) is 0 Å². The number of rotatable bonds is 3. The average molecular weight is 222 g/mol. The molecule has 2 aromatic carbocycles. The van der Waals surface area contributed by atoms with Crippen molar-refractivity contribution >= 4 is 12.2 Å². The van der Waals surface area contributed by atoms with Crippen LogP contribution in [0.4, 0.5) is 0 Å². The van der Waals surface area contributed by atoms with Gasteiger partial charge in [0, 0.05) is 0 Å². The second-order valence-corrected chi connectivity index (χ2v) is 4.30. The lowest BCUT2D eigenvalue weighted by Gasteiger charge is -2.02. The lowest BCUT2D eigenvalue weighted by atomic mass is 10.0. The molecule has 0 aliphatic rings. The molecular formula is C17H18. The van der Waals surface area contributed by atoms with Crippen LogP contribution in [0, 0.1) is 6.92 Å². The zero-order valence-corrected chi connectivity index (χ0v) is 10.5. The first kappa shape index (κ1) is 11.7. The Balaban J connectivity index is 2.22. The minimum Gasteiger partial charge on any atom is -0.0620 e. The first-order valence-corrected chi connectivity index (χ1v) is 6.12. The predicted octanol–water partition coefficient (Wildman–Crippen LogP) is 4.73. The van der Waals surface area contributed by atoms with Crippen molar-refractivity contribution in [3.8, 4) is 0 Å². The highest BCUT2D eigenvalue weighted by molar-refractivity contribution is 5.71. The van der Waals surface area contributed by atoms with Crippen molar-refractivity contribution in [3.05, 3.63) is 70.8 Å². The van der Waals surface area contributed by atoms with E-state index >= 15 is 0 Å². The van der Waals surface area contributed by atoms with Crippen LogP contribution >= 0.6 is 0 Å². The van der Waals surface area contributed by atoms with Crippen LogP contribution in [-0.4, -0.2) is 0 Å².